The Morgan fingerprint density at radius 1 is 1.26 bits per heavy atom. The van der Waals surface area contributed by atoms with E-state index in [1.807, 2.05) is 25.2 Å². The summed E-state index contributed by atoms with van der Waals surface area (Å²) in [6.07, 6.45) is -0.0129. The van der Waals surface area contributed by atoms with Gasteiger partial charge in [-0.3, -0.25) is 0 Å². The number of methoxy groups -OCH3 is 2. The van der Waals surface area contributed by atoms with Crippen LogP contribution >= 0.6 is 0 Å². The monoisotopic (exact) mass is 267 g/mol. The van der Waals surface area contributed by atoms with Crippen molar-refractivity contribution < 1.29 is 18.9 Å². The second kappa shape index (κ2) is 6.75. The van der Waals surface area contributed by atoms with Crippen LogP contribution in [0.25, 0.3) is 0 Å². The molecule has 1 saturated heterocycles. The van der Waals surface area contributed by atoms with Crippen molar-refractivity contribution in [1.82, 2.24) is 5.32 Å². The molecular formula is C14H21NO4. The van der Waals surface area contributed by atoms with Crippen molar-refractivity contribution in [3.05, 3.63) is 23.8 Å². The molecular weight excluding hydrogens is 246 g/mol. The summed E-state index contributed by atoms with van der Waals surface area (Å²) in [6.45, 7) is 1.87. The van der Waals surface area contributed by atoms with E-state index in [2.05, 4.69) is 5.32 Å². The van der Waals surface area contributed by atoms with Crippen molar-refractivity contribution in [2.75, 3.05) is 41.1 Å². The minimum Gasteiger partial charge on any atom is -0.497 e. The van der Waals surface area contributed by atoms with Gasteiger partial charge in [0.2, 0.25) is 0 Å². The Kier molecular flexibility index (Phi) is 5.01. The fourth-order valence-corrected chi connectivity index (χ4v) is 2.32. The smallest absolute Gasteiger partial charge is 0.127 e. The van der Waals surface area contributed by atoms with Crippen molar-refractivity contribution in [2.24, 2.45) is 0 Å². The highest BCUT2D eigenvalue weighted by molar-refractivity contribution is 5.43. The van der Waals surface area contributed by atoms with E-state index >= 15 is 0 Å². The molecule has 0 saturated carbocycles. The highest BCUT2D eigenvalue weighted by Crippen LogP contribution is 2.32. The maximum atomic E-state index is 5.77. The zero-order valence-corrected chi connectivity index (χ0v) is 11.6. The number of rotatable bonds is 5. The van der Waals surface area contributed by atoms with Gasteiger partial charge in [0.25, 0.3) is 0 Å². The van der Waals surface area contributed by atoms with E-state index in [4.69, 9.17) is 18.9 Å². The molecule has 0 amide bonds. The summed E-state index contributed by atoms with van der Waals surface area (Å²) in [5.74, 6) is 1.56. The van der Waals surface area contributed by atoms with E-state index in [1.165, 1.54) is 0 Å². The van der Waals surface area contributed by atoms with Crippen molar-refractivity contribution >= 4 is 0 Å². The number of hydrogen-bond donors (Lipinski definition) is 1. The molecule has 1 fully saturated rings. The Bertz CT molecular complexity index is 404. The van der Waals surface area contributed by atoms with Gasteiger partial charge in [-0.05, 0) is 19.2 Å². The fourth-order valence-electron chi connectivity index (χ4n) is 2.32. The summed E-state index contributed by atoms with van der Waals surface area (Å²) in [4.78, 5) is 0. The predicted octanol–water partition coefficient (Wildman–Crippen LogP) is 1.38. The Hall–Kier alpha value is -1.30. The first-order valence-corrected chi connectivity index (χ1v) is 6.38. The summed E-state index contributed by atoms with van der Waals surface area (Å²) in [5.41, 5.74) is 1.04. The van der Waals surface area contributed by atoms with Crippen LogP contribution in [0.15, 0.2) is 18.2 Å². The number of hydrogen-bond acceptors (Lipinski definition) is 5. The Balaban J connectivity index is 2.26. The van der Waals surface area contributed by atoms with Gasteiger partial charge >= 0.3 is 0 Å². The van der Waals surface area contributed by atoms with E-state index in [-0.39, 0.29) is 12.1 Å². The lowest BCUT2D eigenvalue weighted by atomic mass is 10.00. The molecule has 106 valence electrons. The molecule has 0 spiro atoms. The van der Waals surface area contributed by atoms with E-state index in [1.54, 1.807) is 14.2 Å². The highest BCUT2D eigenvalue weighted by atomic mass is 16.6. The molecule has 2 rings (SSSR count). The number of ether oxygens (including phenoxy) is 4. The number of likely N-dealkylation sites (N-methyl/N-ethyl adjacent to an activating group) is 1. The molecule has 5 nitrogen and oxygen atoms in total. The average Bonchev–Trinajstić information content (AvgIpc) is 2.49. The summed E-state index contributed by atoms with van der Waals surface area (Å²) in [7, 11) is 5.21. The Morgan fingerprint density at radius 2 is 2.11 bits per heavy atom. The largest absolute Gasteiger partial charge is 0.497 e. The summed E-state index contributed by atoms with van der Waals surface area (Å²) in [5, 5.41) is 3.27. The van der Waals surface area contributed by atoms with Crippen LogP contribution in [0.2, 0.25) is 0 Å². The zero-order valence-electron chi connectivity index (χ0n) is 11.6. The van der Waals surface area contributed by atoms with Crippen molar-refractivity contribution in [3.8, 4) is 11.5 Å². The Morgan fingerprint density at radius 3 is 2.68 bits per heavy atom. The molecule has 0 bridgehead atoms. The summed E-state index contributed by atoms with van der Waals surface area (Å²) in [6, 6.07) is 5.83. The molecule has 0 radical (unpaired) electrons. The molecule has 1 aromatic rings. The van der Waals surface area contributed by atoms with Gasteiger partial charge in [0.1, 0.15) is 17.6 Å². The standard InChI is InChI=1S/C14H21NO4/c1-15-14(13-9-18-6-7-19-13)11-5-4-10(16-2)8-12(11)17-3/h4-5,8,13-15H,6-7,9H2,1-3H3. The molecule has 1 aliphatic heterocycles. The third-order valence-electron chi connectivity index (χ3n) is 3.30. The first kappa shape index (κ1) is 14.1. The lowest BCUT2D eigenvalue weighted by Crippen LogP contribution is -2.39. The second-order valence-corrected chi connectivity index (χ2v) is 4.36. The molecule has 5 heteroatoms. The van der Waals surface area contributed by atoms with Crippen molar-refractivity contribution in [1.29, 1.82) is 0 Å². The van der Waals surface area contributed by atoms with Crippen LogP contribution in [0.4, 0.5) is 0 Å². The third kappa shape index (κ3) is 3.18. The van der Waals surface area contributed by atoms with E-state index in [0.717, 1.165) is 17.1 Å². The zero-order chi connectivity index (χ0) is 13.7. The lowest BCUT2D eigenvalue weighted by molar-refractivity contribution is -0.101. The molecule has 1 aliphatic rings. The van der Waals surface area contributed by atoms with Gasteiger partial charge in [0.15, 0.2) is 0 Å². The van der Waals surface area contributed by atoms with Crippen LogP contribution in [0, 0.1) is 0 Å². The molecule has 2 atom stereocenters. The molecule has 1 aromatic carbocycles. The molecule has 0 aliphatic carbocycles. The van der Waals surface area contributed by atoms with E-state index in [0.29, 0.717) is 19.8 Å². The predicted molar refractivity (Wildman–Crippen MR) is 71.9 cm³/mol. The molecule has 1 heterocycles. The quantitative estimate of drug-likeness (QED) is 0.873. The minimum atomic E-state index is -0.0129. The second-order valence-electron chi connectivity index (χ2n) is 4.36. The molecule has 1 N–H and O–H groups in total. The highest BCUT2D eigenvalue weighted by Gasteiger charge is 2.27. The Labute approximate surface area is 113 Å². The minimum absolute atomic E-state index is 0.0129. The number of nitrogens with one attached hydrogen (secondary N) is 1. The topological polar surface area (TPSA) is 49.0 Å². The maximum absolute atomic E-state index is 5.77. The van der Waals surface area contributed by atoms with E-state index < -0.39 is 0 Å². The third-order valence-corrected chi connectivity index (χ3v) is 3.30. The van der Waals surface area contributed by atoms with Gasteiger partial charge in [0.05, 0.1) is 40.1 Å². The SMILES string of the molecule is CNC(c1ccc(OC)cc1OC)C1COCCO1. The maximum Gasteiger partial charge on any atom is 0.127 e. The van der Waals surface area contributed by atoms with Crippen LogP contribution in [0.3, 0.4) is 0 Å². The molecule has 2 unspecified atom stereocenters. The van der Waals surface area contributed by atoms with Gasteiger partial charge in [-0.25, -0.2) is 0 Å². The molecule has 0 aromatic heterocycles. The van der Waals surface area contributed by atoms with Crippen LogP contribution in [0.5, 0.6) is 11.5 Å². The lowest BCUT2D eigenvalue weighted by Gasteiger charge is -2.31. The number of benzene rings is 1. The van der Waals surface area contributed by atoms with Gasteiger partial charge in [-0.1, -0.05) is 0 Å². The normalized spacial score (nSPS) is 20.9. The van der Waals surface area contributed by atoms with Gasteiger partial charge in [-0.15, -0.1) is 0 Å². The summed E-state index contributed by atoms with van der Waals surface area (Å²) >= 11 is 0. The van der Waals surface area contributed by atoms with Crippen LogP contribution < -0.4 is 14.8 Å². The van der Waals surface area contributed by atoms with E-state index in [9.17, 15) is 0 Å². The fraction of sp³-hybridized carbons (Fsp3) is 0.571. The average molecular weight is 267 g/mol. The first-order chi connectivity index (χ1) is 9.30. The van der Waals surface area contributed by atoms with Gasteiger partial charge in [-0.2, -0.15) is 0 Å². The van der Waals surface area contributed by atoms with Crippen molar-refractivity contribution in [2.45, 2.75) is 12.1 Å². The van der Waals surface area contributed by atoms with Crippen molar-refractivity contribution in [3.63, 3.8) is 0 Å². The van der Waals surface area contributed by atoms with Gasteiger partial charge in [0, 0.05) is 11.6 Å². The van der Waals surface area contributed by atoms with Crippen LogP contribution in [-0.2, 0) is 9.47 Å². The summed E-state index contributed by atoms with van der Waals surface area (Å²) < 4.78 is 21.9. The first-order valence-electron chi connectivity index (χ1n) is 6.38. The molecule has 19 heavy (non-hydrogen) atoms. The van der Waals surface area contributed by atoms with Crippen LogP contribution in [0.1, 0.15) is 11.6 Å². The van der Waals surface area contributed by atoms with Crippen LogP contribution in [-0.4, -0.2) is 47.2 Å². The van der Waals surface area contributed by atoms with Gasteiger partial charge < -0.3 is 24.3 Å².